The summed E-state index contributed by atoms with van der Waals surface area (Å²) in [7, 11) is 1.67. The van der Waals surface area contributed by atoms with Crippen LogP contribution >= 0.6 is 0 Å². The second-order valence-corrected chi connectivity index (χ2v) is 9.51. The molecule has 1 amide bonds. The molecule has 3 N–H and O–H groups in total. The Morgan fingerprint density at radius 1 is 1.05 bits per heavy atom. The number of fused-ring (bicyclic) bond motifs is 1. The van der Waals surface area contributed by atoms with Gasteiger partial charge in [0.2, 0.25) is 0 Å². The van der Waals surface area contributed by atoms with Crippen molar-refractivity contribution in [3.63, 3.8) is 0 Å². The molecule has 198 valence electrons. The average molecular weight is 534 g/mol. The van der Waals surface area contributed by atoms with Crippen LogP contribution in [0.4, 0.5) is 24.7 Å². The predicted molar refractivity (Wildman–Crippen MR) is 138 cm³/mol. The van der Waals surface area contributed by atoms with Crippen molar-refractivity contribution >= 4 is 28.3 Å². The number of aromatic amines is 1. The number of β-amino-alcohol motifs (C(OH)–C–C–N with tert-alkyl or cyclic N) is 1. The summed E-state index contributed by atoms with van der Waals surface area (Å²) >= 11 is 0. The van der Waals surface area contributed by atoms with Crippen LogP contribution in [0.15, 0.2) is 73.2 Å². The normalized spacial score (nSPS) is 14.8. The van der Waals surface area contributed by atoms with Gasteiger partial charge in [-0.1, -0.05) is 24.3 Å². The highest BCUT2D eigenvalue weighted by atomic mass is 19.4. The Hall–Kier alpha value is -4.71. The van der Waals surface area contributed by atoms with Gasteiger partial charge in [0.05, 0.1) is 19.3 Å². The molecule has 1 aliphatic heterocycles. The molecule has 4 heterocycles. The summed E-state index contributed by atoms with van der Waals surface area (Å²) in [6.45, 7) is -1.58. The topological polar surface area (TPSA) is 112 Å². The van der Waals surface area contributed by atoms with E-state index >= 15 is 0 Å². The van der Waals surface area contributed by atoms with Gasteiger partial charge in [0.1, 0.15) is 11.5 Å². The second kappa shape index (κ2) is 8.95. The van der Waals surface area contributed by atoms with Crippen LogP contribution in [-0.4, -0.2) is 65.5 Å². The van der Waals surface area contributed by atoms with Gasteiger partial charge in [-0.05, 0) is 35.9 Å². The minimum Gasteiger partial charge on any atom is -0.378 e. The third-order valence-electron chi connectivity index (χ3n) is 6.89. The number of nitrogens with one attached hydrogen (secondary N) is 2. The van der Waals surface area contributed by atoms with Crippen molar-refractivity contribution in [2.75, 3.05) is 18.4 Å². The first-order chi connectivity index (χ1) is 18.6. The van der Waals surface area contributed by atoms with Gasteiger partial charge in [-0.3, -0.25) is 9.89 Å². The van der Waals surface area contributed by atoms with E-state index in [0.29, 0.717) is 22.7 Å². The Kier molecular flexibility index (Phi) is 5.65. The molecule has 1 aliphatic rings. The fraction of sp³-hybridized carbons (Fsp3) is 0.185. The number of anilines is 2. The van der Waals surface area contributed by atoms with Crippen molar-refractivity contribution in [2.45, 2.75) is 11.8 Å². The third-order valence-corrected chi connectivity index (χ3v) is 6.89. The molecule has 9 nitrogen and oxygen atoms in total. The zero-order chi connectivity index (χ0) is 27.4. The van der Waals surface area contributed by atoms with Gasteiger partial charge < -0.3 is 19.9 Å². The van der Waals surface area contributed by atoms with Crippen molar-refractivity contribution in [1.82, 2.24) is 29.6 Å². The van der Waals surface area contributed by atoms with Crippen molar-refractivity contribution < 1.29 is 23.1 Å². The van der Waals surface area contributed by atoms with Crippen molar-refractivity contribution in [1.29, 1.82) is 0 Å². The Labute approximate surface area is 219 Å². The molecule has 0 radical (unpaired) electrons. The maximum Gasteiger partial charge on any atom is 0.420 e. The molecule has 39 heavy (non-hydrogen) atoms. The number of nitrogens with zero attached hydrogens (tertiary/aromatic N) is 5. The summed E-state index contributed by atoms with van der Waals surface area (Å²) in [5.74, 6) is 0.475. The smallest absolute Gasteiger partial charge is 0.378 e. The van der Waals surface area contributed by atoms with Crippen LogP contribution in [0.1, 0.15) is 10.5 Å². The summed E-state index contributed by atoms with van der Waals surface area (Å²) in [5.41, 5.74) is 1.61. The lowest BCUT2D eigenvalue weighted by Gasteiger charge is -2.46. The summed E-state index contributed by atoms with van der Waals surface area (Å²) < 4.78 is 40.6. The molecule has 1 fully saturated rings. The van der Waals surface area contributed by atoms with Crippen molar-refractivity contribution in [2.24, 2.45) is 7.05 Å². The maximum absolute atomic E-state index is 13.0. The molecular formula is C27H22F3N7O2. The van der Waals surface area contributed by atoms with Gasteiger partial charge in [-0.2, -0.15) is 18.3 Å². The molecule has 3 aromatic heterocycles. The highest BCUT2D eigenvalue weighted by molar-refractivity contribution is 6.00. The van der Waals surface area contributed by atoms with Gasteiger partial charge in [-0.25, -0.2) is 9.97 Å². The zero-order valence-corrected chi connectivity index (χ0v) is 20.6. The highest BCUT2D eigenvalue weighted by Gasteiger charge is 2.62. The summed E-state index contributed by atoms with van der Waals surface area (Å²) in [4.78, 5) is 22.9. The molecule has 0 saturated carbocycles. The Morgan fingerprint density at radius 3 is 2.49 bits per heavy atom. The number of likely N-dealkylation sites (tertiary alicyclic amines) is 1. The van der Waals surface area contributed by atoms with Crippen LogP contribution in [0.2, 0.25) is 0 Å². The monoisotopic (exact) mass is 533 g/mol. The number of hydrogen-bond acceptors (Lipinski definition) is 6. The van der Waals surface area contributed by atoms with Crippen LogP contribution in [-0.2, 0) is 7.05 Å². The number of halogens is 3. The number of H-pyrrole nitrogens is 1. The summed E-state index contributed by atoms with van der Waals surface area (Å²) in [5, 5.41) is 20.5. The van der Waals surface area contributed by atoms with E-state index in [4.69, 9.17) is 0 Å². The molecule has 1 saturated heterocycles. The lowest BCUT2D eigenvalue weighted by atomic mass is 9.93. The van der Waals surface area contributed by atoms with E-state index in [2.05, 4.69) is 25.5 Å². The second-order valence-electron chi connectivity index (χ2n) is 9.51. The van der Waals surface area contributed by atoms with E-state index in [0.717, 1.165) is 27.1 Å². The fourth-order valence-corrected chi connectivity index (χ4v) is 4.61. The molecule has 0 unspecified atom stereocenters. The summed E-state index contributed by atoms with van der Waals surface area (Å²) in [6.07, 6.45) is 0.422. The number of aliphatic hydroxyl groups is 1. The van der Waals surface area contributed by atoms with Crippen LogP contribution in [0.3, 0.4) is 0 Å². The molecule has 0 aliphatic carbocycles. The number of benzene rings is 2. The molecule has 6 rings (SSSR count). The van der Waals surface area contributed by atoms with Crippen LogP contribution in [0.5, 0.6) is 0 Å². The quantitative estimate of drug-likeness (QED) is 0.306. The number of amides is 1. The third kappa shape index (κ3) is 4.38. The molecule has 0 atom stereocenters. The van der Waals surface area contributed by atoms with E-state index in [1.54, 1.807) is 36.1 Å². The van der Waals surface area contributed by atoms with E-state index < -0.39 is 30.8 Å². The fourth-order valence-electron chi connectivity index (χ4n) is 4.61. The lowest BCUT2D eigenvalue weighted by Crippen LogP contribution is -2.70. The van der Waals surface area contributed by atoms with Crippen molar-refractivity contribution in [3.05, 3.63) is 78.9 Å². The van der Waals surface area contributed by atoms with E-state index in [1.165, 1.54) is 0 Å². The standard InChI is InChI=1S/C27H22F3N7O2/c1-36-21-11-18(3-2-17(21)10-22(36)25(38)37-14-26(39,15-37)27(28,29)30)24-31-9-8-23(35-24)34-20-6-4-16(5-7-20)19-12-32-33-13-19/h2-13,39H,14-15H2,1H3,(H,32,33)(H,31,34,35). The number of hydrogen-bond donors (Lipinski definition) is 3. The zero-order valence-electron chi connectivity index (χ0n) is 20.6. The number of aromatic nitrogens is 5. The maximum atomic E-state index is 13.0. The minimum absolute atomic E-state index is 0.224. The lowest BCUT2D eigenvalue weighted by molar-refractivity contribution is -0.294. The molecule has 0 bridgehead atoms. The average Bonchev–Trinajstić information content (AvgIpc) is 3.55. The van der Waals surface area contributed by atoms with E-state index in [9.17, 15) is 23.1 Å². The highest BCUT2D eigenvalue weighted by Crippen LogP contribution is 2.38. The number of aryl methyl sites for hydroxylation is 1. The van der Waals surface area contributed by atoms with Gasteiger partial charge in [0, 0.05) is 47.2 Å². The van der Waals surface area contributed by atoms with Gasteiger partial charge in [-0.15, -0.1) is 0 Å². The number of carbonyl (C=O) groups is 1. The first-order valence-electron chi connectivity index (χ1n) is 12.0. The first kappa shape index (κ1) is 24.6. The number of carbonyl (C=O) groups excluding carboxylic acids is 1. The first-order valence-corrected chi connectivity index (χ1v) is 12.0. The molecule has 5 aromatic rings. The molecule has 0 spiro atoms. The van der Waals surface area contributed by atoms with Gasteiger partial charge in [0.25, 0.3) is 5.91 Å². The van der Waals surface area contributed by atoms with Crippen molar-refractivity contribution in [3.8, 4) is 22.5 Å². The SMILES string of the molecule is Cn1c(C(=O)N2CC(O)(C(F)(F)F)C2)cc2ccc(-c3nccc(Nc4ccc(-c5cn[nH]c5)cc4)n3)cc21. The van der Waals surface area contributed by atoms with Crippen LogP contribution < -0.4 is 5.32 Å². The summed E-state index contributed by atoms with van der Waals surface area (Å²) in [6, 6.07) is 16.6. The largest absolute Gasteiger partial charge is 0.420 e. The Bertz CT molecular complexity index is 1670. The van der Waals surface area contributed by atoms with Gasteiger partial charge in [0.15, 0.2) is 11.4 Å². The van der Waals surface area contributed by atoms with E-state index in [-0.39, 0.29) is 5.69 Å². The molecule has 12 heteroatoms. The Balaban J connectivity index is 1.21. The van der Waals surface area contributed by atoms with Crippen LogP contribution in [0, 0.1) is 0 Å². The van der Waals surface area contributed by atoms with Gasteiger partial charge >= 0.3 is 6.18 Å². The Morgan fingerprint density at radius 2 is 1.79 bits per heavy atom. The number of alkyl halides is 3. The molecular weight excluding hydrogens is 511 g/mol. The minimum atomic E-state index is -4.79. The molecule has 2 aromatic carbocycles. The number of rotatable bonds is 5. The van der Waals surface area contributed by atoms with E-state index in [1.807, 2.05) is 48.7 Å². The van der Waals surface area contributed by atoms with Crippen LogP contribution in [0.25, 0.3) is 33.4 Å². The predicted octanol–water partition coefficient (Wildman–Crippen LogP) is 4.52.